The number of carbonyl (C=O) groups excluding carboxylic acids is 2. The highest BCUT2D eigenvalue weighted by molar-refractivity contribution is 14.1. The van der Waals surface area contributed by atoms with Crippen molar-refractivity contribution in [1.29, 1.82) is 0 Å². The lowest BCUT2D eigenvalue weighted by atomic mass is 10.2. The lowest BCUT2D eigenvalue weighted by Crippen LogP contribution is -2.40. The van der Waals surface area contributed by atoms with Gasteiger partial charge < -0.3 is 10.6 Å². The van der Waals surface area contributed by atoms with E-state index in [0.717, 1.165) is 9.99 Å². The van der Waals surface area contributed by atoms with Crippen LogP contribution in [0.15, 0.2) is 24.3 Å². The molecule has 0 saturated carbocycles. The third-order valence-corrected chi connectivity index (χ3v) is 3.02. The van der Waals surface area contributed by atoms with Crippen LogP contribution in [0.4, 0.5) is 5.69 Å². The molecule has 0 aliphatic carbocycles. The summed E-state index contributed by atoms with van der Waals surface area (Å²) in [4.78, 5) is 23.0. The molecule has 4 nitrogen and oxygen atoms in total. The lowest BCUT2D eigenvalue weighted by molar-refractivity contribution is -0.136. The topological polar surface area (TPSA) is 58.2 Å². The van der Waals surface area contributed by atoms with Crippen molar-refractivity contribution >= 4 is 40.1 Å². The number of carbonyl (C=O) groups is 2. The molecular formula is C12H15IN2O2. The lowest BCUT2D eigenvalue weighted by Gasteiger charge is -2.11. The van der Waals surface area contributed by atoms with E-state index in [0.29, 0.717) is 5.69 Å². The molecule has 1 atom stereocenters. The minimum Gasteiger partial charge on any atom is -0.345 e. The third kappa shape index (κ3) is 4.72. The summed E-state index contributed by atoms with van der Waals surface area (Å²) in [6, 6.07) is 7.25. The van der Waals surface area contributed by atoms with Crippen molar-refractivity contribution in [1.82, 2.24) is 5.32 Å². The van der Waals surface area contributed by atoms with Gasteiger partial charge >= 0.3 is 11.8 Å². The number of hydrogen-bond donors (Lipinski definition) is 2. The molecule has 1 aromatic carbocycles. The summed E-state index contributed by atoms with van der Waals surface area (Å²) in [6.07, 6.45) is 0.794. The van der Waals surface area contributed by atoms with Gasteiger partial charge in [-0.2, -0.15) is 0 Å². The molecular weight excluding hydrogens is 331 g/mol. The summed E-state index contributed by atoms with van der Waals surface area (Å²) in [5.74, 6) is -1.23. The number of anilines is 1. The maximum Gasteiger partial charge on any atom is 0.313 e. The minimum atomic E-state index is -0.633. The molecule has 1 unspecified atom stereocenters. The Morgan fingerprint density at radius 1 is 1.24 bits per heavy atom. The van der Waals surface area contributed by atoms with Crippen LogP contribution in [-0.2, 0) is 9.59 Å². The summed E-state index contributed by atoms with van der Waals surface area (Å²) < 4.78 is 1.07. The Kier molecular flexibility index (Phi) is 5.40. The second-order valence-corrected chi connectivity index (χ2v) is 4.99. The number of amides is 2. The van der Waals surface area contributed by atoms with Crippen molar-refractivity contribution in [3.8, 4) is 0 Å². The van der Waals surface area contributed by atoms with E-state index in [-0.39, 0.29) is 6.04 Å². The smallest absolute Gasteiger partial charge is 0.313 e. The van der Waals surface area contributed by atoms with Crippen LogP contribution in [0.5, 0.6) is 0 Å². The second kappa shape index (κ2) is 6.58. The van der Waals surface area contributed by atoms with Gasteiger partial charge in [0.25, 0.3) is 0 Å². The van der Waals surface area contributed by atoms with Crippen LogP contribution < -0.4 is 10.6 Å². The predicted molar refractivity (Wildman–Crippen MR) is 75.7 cm³/mol. The van der Waals surface area contributed by atoms with Gasteiger partial charge in [-0.1, -0.05) is 6.92 Å². The van der Waals surface area contributed by atoms with E-state index in [1.54, 1.807) is 12.1 Å². The summed E-state index contributed by atoms with van der Waals surface area (Å²) in [7, 11) is 0. The maximum absolute atomic E-state index is 11.5. The fraction of sp³-hybridized carbons (Fsp3) is 0.333. The van der Waals surface area contributed by atoms with Crippen molar-refractivity contribution in [3.05, 3.63) is 27.8 Å². The van der Waals surface area contributed by atoms with Crippen molar-refractivity contribution in [2.75, 3.05) is 5.32 Å². The summed E-state index contributed by atoms with van der Waals surface area (Å²) in [5.41, 5.74) is 0.620. The van der Waals surface area contributed by atoms with E-state index in [1.165, 1.54) is 0 Å². The van der Waals surface area contributed by atoms with Crippen LogP contribution in [0.25, 0.3) is 0 Å². The number of rotatable bonds is 3. The van der Waals surface area contributed by atoms with E-state index in [9.17, 15) is 9.59 Å². The first-order valence-electron chi connectivity index (χ1n) is 5.40. The van der Waals surface area contributed by atoms with Gasteiger partial charge in [-0.15, -0.1) is 0 Å². The Labute approximate surface area is 114 Å². The van der Waals surface area contributed by atoms with Crippen LogP contribution in [0.1, 0.15) is 20.3 Å². The van der Waals surface area contributed by atoms with Crippen molar-refractivity contribution in [3.63, 3.8) is 0 Å². The van der Waals surface area contributed by atoms with Crippen LogP contribution in [0.2, 0.25) is 0 Å². The normalized spacial score (nSPS) is 11.7. The van der Waals surface area contributed by atoms with Gasteiger partial charge in [-0.25, -0.2) is 0 Å². The second-order valence-electron chi connectivity index (χ2n) is 3.74. The highest BCUT2D eigenvalue weighted by Gasteiger charge is 2.15. The third-order valence-electron chi connectivity index (χ3n) is 2.30. The predicted octanol–water partition coefficient (Wildman–Crippen LogP) is 2.14. The first kappa shape index (κ1) is 14.0. The summed E-state index contributed by atoms with van der Waals surface area (Å²) >= 11 is 2.17. The molecule has 0 bridgehead atoms. The average molecular weight is 346 g/mol. The van der Waals surface area contributed by atoms with E-state index < -0.39 is 11.8 Å². The van der Waals surface area contributed by atoms with Crippen LogP contribution in [0.3, 0.4) is 0 Å². The molecule has 1 aromatic rings. The minimum absolute atomic E-state index is 0.00460. The van der Waals surface area contributed by atoms with Crippen LogP contribution in [0, 0.1) is 3.57 Å². The molecule has 0 radical (unpaired) electrons. The van der Waals surface area contributed by atoms with Crippen molar-refractivity contribution in [2.24, 2.45) is 0 Å². The molecule has 0 spiro atoms. The molecule has 0 fully saturated rings. The quantitative estimate of drug-likeness (QED) is 0.651. The standard InChI is InChI=1S/C12H15IN2O2/c1-3-8(2)14-11(16)12(17)15-10-6-4-9(13)5-7-10/h4-8H,3H2,1-2H3,(H,14,16)(H,15,17). The molecule has 17 heavy (non-hydrogen) atoms. The maximum atomic E-state index is 11.5. The van der Waals surface area contributed by atoms with E-state index in [2.05, 4.69) is 33.2 Å². The molecule has 92 valence electrons. The molecule has 0 heterocycles. The van der Waals surface area contributed by atoms with Gasteiger partial charge in [0.15, 0.2) is 0 Å². The van der Waals surface area contributed by atoms with Gasteiger partial charge in [0.05, 0.1) is 0 Å². The Morgan fingerprint density at radius 2 is 1.82 bits per heavy atom. The molecule has 5 heteroatoms. The SMILES string of the molecule is CCC(C)NC(=O)C(=O)Nc1ccc(I)cc1. The first-order valence-corrected chi connectivity index (χ1v) is 6.48. The molecule has 0 saturated heterocycles. The summed E-state index contributed by atoms with van der Waals surface area (Å²) in [6.45, 7) is 3.80. The highest BCUT2D eigenvalue weighted by atomic mass is 127. The number of benzene rings is 1. The Morgan fingerprint density at radius 3 is 2.35 bits per heavy atom. The van der Waals surface area contributed by atoms with Gasteiger partial charge in [-0.05, 0) is 60.2 Å². The zero-order chi connectivity index (χ0) is 12.8. The first-order chi connectivity index (χ1) is 8.02. The van der Waals surface area contributed by atoms with Crippen molar-refractivity contribution < 1.29 is 9.59 Å². The monoisotopic (exact) mass is 346 g/mol. The molecule has 0 aliphatic heterocycles. The molecule has 2 N–H and O–H groups in total. The van der Waals surface area contributed by atoms with Crippen LogP contribution in [-0.4, -0.2) is 17.9 Å². The zero-order valence-corrected chi connectivity index (χ0v) is 11.9. The fourth-order valence-corrected chi connectivity index (χ4v) is 1.47. The Hall–Kier alpha value is -1.11. The molecule has 2 amide bonds. The average Bonchev–Trinajstić information content (AvgIpc) is 2.31. The fourth-order valence-electron chi connectivity index (χ4n) is 1.11. The number of nitrogens with one attached hydrogen (secondary N) is 2. The Bertz CT molecular complexity index is 403. The van der Waals surface area contributed by atoms with Crippen molar-refractivity contribution in [2.45, 2.75) is 26.3 Å². The zero-order valence-electron chi connectivity index (χ0n) is 9.79. The van der Waals surface area contributed by atoms with Gasteiger partial charge in [0, 0.05) is 15.3 Å². The molecule has 0 aliphatic rings. The largest absolute Gasteiger partial charge is 0.345 e. The number of halogens is 1. The van der Waals surface area contributed by atoms with Gasteiger partial charge in [0.2, 0.25) is 0 Å². The van der Waals surface area contributed by atoms with E-state index >= 15 is 0 Å². The summed E-state index contributed by atoms with van der Waals surface area (Å²) in [5, 5.41) is 5.15. The molecule has 0 aromatic heterocycles. The molecule has 1 rings (SSSR count). The number of hydrogen-bond acceptors (Lipinski definition) is 2. The van der Waals surface area contributed by atoms with Gasteiger partial charge in [0.1, 0.15) is 0 Å². The van der Waals surface area contributed by atoms with E-state index in [4.69, 9.17) is 0 Å². The van der Waals surface area contributed by atoms with Crippen LogP contribution >= 0.6 is 22.6 Å². The van der Waals surface area contributed by atoms with E-state index in [1.807, 2.05) is 26.0 Å². The van der Waals surface area contributed by atoms with Gasteiger partial charge in [-0.3, -0.25) is 9.59 Å². The Balaban J connectivity index is 2.54. The highest BCUT2D eigenvalue weighted by Crippen LogP contribution is 2.10.